The van der Waals surface area contributed by atoms with Crippen LogP contribution in [0.4, 0.5) is 0 Å². The number of aliphatic imine (C=N–C) groups is 1. The standard InChI is InChI=1S/C41H34N2/c1-4-36-39(19-12-20-40(36)37-17-11-18-38(28(37)2)41(42)43-3)32-23-21-31(22-24-32)35-26-33(29-13-7-5-8-14-29)25-34(27-35)30-15-9-6-10-16-30/h4-27H,1H2,2-3H3,(H2,42,43). The Morgan fingerprint density at radius 2 is 1.00 bits per heavy atom. The second-order valence-corrected chi connectivity index (χ2v) is 10.7. The van der Waals surface area contributed by atoms with Crippen LogP contribution in [0.3, 0.4) is 0 Å². The van der Waals surface area contributed by atoms with Crippen molar-refractivity contribution in [3.63, 3.8) is 0 Å². The van der Waals surface area contributed by atoms with Crippen LogP contribution < -0.4 is 5.73 Å². The van der Waals surface area contributed by atoms with E-state index >= 15 is 0 Å². The van der Waals surface area contributed by atoms with Gasteiger partial charge in [0.2, 0.25) is 0 Å². The smallest absolute Gasteiger partial charge is 0.125 e. The van der Waals surface area contributed by atoms with E-state index in [4.69, 9.17) is 5.73 Å². The molecule has 0 amide bonds. The van der Waals surface area contributed by atoms with Crippen molar-refractivity contribution >= 4 is 11.9 Å². The Hall–Kier alpha value is -5.47. The normalized spacial score (nSPS) is 11.3. The van der Waals surface area contributed by atoms with Crippen molar-refractivity contribution < 1.29 is 0 Å². The molecule has 0 radical (unpaired) electrons. The number of nitrogens with zero attached hydrogens (tertiary/aromatic N) is 1. The number of benzene rings is 6. The van der Waals surface area contributed by atoms with Gasteiger partial charge in [0, 0.05) is 12.6 Å². The topological polar surface area (TPSA) is 38.4 Å². The summed E-state index contributed by atoms with van der Waals surface area (Å²) in [5.74, 6) is 0.540. The molecule has 6 aromatic rings. The lowest BCUT2D eigenvalue weighted by molar-refractivity contribution is 1.35. The second-order valence-electron chi connectivity index (χ2n) is 10.7. The fourth-order valence-electron chi connectivity index (χ4n) is 5.83. The average molecular weight is 555 g/mol. The van der Waals surface area contributed by atoms with Crippen molar-refractivity contribution in [2.45, 2.75) is 6.92 Å². The summed E-state index contributed by atoms with van der Waals surface area (Å²) in [5, 5.41) is 0. The first-order chi connectivity index (χ1) is 21.1. The molecule has 0 saturated carbocycles. The molecule has 0 atom stereocenters. The van der Waals surface area contributed by atoms with Gasteiger partial charge in [-0.25, -0.2) is 0 Å². The SMILES string of the molecule is C=Cc1c(-c2ccc(-c3cc(-c4ccccc4)cc(-c4ccccc4)c3)cc2)cccc1-c1cccc(/C(N)=N/C)c1C. The van der Waals surface area contributed by atoms with Crippen LogP contribution in [0.15, 0.2) is 151 Å². The molecule has 0 spiro atoms. The summed E-state index contributed by atoms with van der Waals surface area (Å²) in [6.45, 7) is 6.30. The van der Waals surface area contributed by atoms with E-state index in [0.29, 0.717) is 5.84 Å². The summed E-state index contributed by atoms with van der Waals surface area (Å²) in [7, 11) is 1.72. The lowest BCUT2D eigenvalue weighted by Crippen LogP contribution is -2.14. The highest BCUT2D eigenvalue weighted by Gasteiger charge is 2.15. The van der Waals surface area contributed by atoms with Gasteiger partial charge in [-0.15, -0.1) is 0 Å². The molecule has 6 rings (SSSR count). The first kappa shape index (κ1) is 27.7. The van der Waals surface area contributed by atoms with Crippen LogP contribution >= 0.6 is 0 Å². The zero-order valence-electron chi connectivity index (χ0n) is 24.6. The van der Waals surface area contributed by atoms with Crippen LogP contribution in [0.25, 0.3) is 61.7 Å². The summed E-state index contributed by atoms with van der Waals surface area (Å²) in [6.07, 6.45) is 1.96. The predicted molar refractivity (Wildman–Crippen MR) is 185 cm³/mol. The van der Waals surface area contributed by atoms with E-state index in [0.717, 1.165) is 38.9 Å². The van der Waals surface area contributed by atoms with Gasteiger partial charge in [-0.1, -0.05) is 134 Å². The Kier molecular flexibility index (Phi) is 7.84. The van der Waals surface area contributed by atoms with Crippen LogP contribution in [-0.4, -0.2) is 12.9 Å². The highest BCUT2D eigenvalue weighted by Crippen LogP contribution is 2.37. The molecule has 0 aliphatic rings. The van der Waals surface area contributed by atoms with Gasteiger partial charge in [0.1, 0.15) is 5.84 Å². The summed E-state index contributed by atoms with van der Waals surface area (Å²) < 4.78 is 0. The van der Waals surface area contributed by atoms with Crippen molar-refractivity contribution in [3.8, 4) is 55.6 Å². The number of nitrogens with two attached hydrogens (primary N) is 1. The molecule has 2 nitrogen and oxygen atoms in total. The molecule has 0 fully saturated rings. The molecule has 0 aromatic heterocycles. The Labute approximate surface area is 254 Å². The number of amidine groups is 1. The Bertz CT molecular complexity index is 1880. The molecular formula is C41H34N2. The van der Waals surface area contributed by atoms with Gasteiger partial charge in [0.25, 0.3) is 0 Å². The molecule has 0 aliphatic carbocycles. The summed E-state index contributed by atoms with van der Waals surface area (Å²) >= 11 is 0. The Balaban J connectivity index is 1.42. The van der Waals surface area contributed by atoms with Gasteiger partial charge in [0.05, 0.1) is 0 Å². The first-order valence-electron chi connectivity index (χ1n) is 14.5. The van der Waals surface area contributed by atoms with Gasteiger partial charge in [-0.3, -0.25) is 4.99 Å². The zero-order valence-corrected chi connectivity index (χ0v) is 24.6. The summed E-state index contributed by atoms with van der Waals surface area (Å²) in [5.41, 5.74) is 21.1. The van der Waals surface area contributed by atoms with E-state index in [-0.39, 0.29) is 0 Å². The van der Waals surface area contributed by atoms with Gasteiger partial charge >= 0.3 is 0 Å². The third-order valence-electron chi connectivity index (χ3n) is 8.13. The van der Waals surface area contributed by atoms with E-state index in [9.17, 15) is 0 Å². The van der Waals surface area contributed by atoms with E-state index in [1.807, 2.05) is 18.2 Å². The fourth-order valence-corrected chi connectivity index (χ4v) is 5.83. The van der Waals surface area contributed by atoms with Gasteiger partial charge in [-0.2, -0.15) is 0 Å². The van der Waals surface area contributed by atoms with Crippen LogP contribution in [0, 0.1) is 6.92 Å². The van der Waals surface area contributed by atoms with Gasteiger partial charge < -0.3 is 5.73 Å². The molecule has 2 heteroatoms. The minimum absolute atomic E-state index is 0.540. The molecule has 0 saturated heterocycles. The van der Waals surface area contributed by atoms with Crippen LogP contribution in [0.5, 0.6) is 0 Å². The van der Waals surface area contributed by atoms with Crippen molar-refractivity contribution in [2.75, 3.05) is 7.05 Å². The van der Waals surface area contributed by atoms with E-state index in [1.54, 1.807) is 7.05 Å². The molecule has 2 N–H and O–H groups in total. The summed E-state index contributed by atoms with van der Waals surface area (Å²) in [4.78, 5) is 4.21. The first-order valence-corrected chi connectivity index (χ1v) is 14.5. The fraction of sp³-hybridized carbons (Fsp3) is 0.0488. The van der Waals surface area contributed by atoms with E-state index in [1.165, 1.54) is 33.4 Å². The monoisotopic (exact) mass is 554 g/mol. The Morgan fingerprint density at radius 1 is 0.535 bits per heavy atom. The van der Waals surface area contributed by atoms with E-state index < -0.39 is 0 Å². The lowest BCUT2D eigenvalue weighted by atomic mass is 9.88. The molecule has 0 aliphatic heterocycles. The minimum Gasteiger partial charge on any atom is -0.384 e. The van der Waals surface area contributed by atoms with Crippen molar-refractivity contribution in [1.29, 1.82) is 0 Å². The average Bonchev–Trinajstić information content (AvgIpc) is 3.08. The summed E-state index contributed by atoms with van der Waals surface area (Å²) in [6, 6.07) is 49.5. The third kappa shape index (κ3) is 5.56. The zero-order chi connectivity index (χ0) is 29.8. The highest BCUT2D eigenvalue weighted by molar-refractivity contribution is 6.01. The predicted octanol–water partition coefficient (Wildman–Crippen LogP) is 10.3. The van der Waals surface area contributed by atoms with Crippen molar-refractivity contribution in [3.05, 3.63) is 163 Å². The van der Waals surface area contributed by atoms with Crippen molar-refractivity contribution in [2.24, 2.45) is 10.7 Å². The maximum absolute atomic E-state index is 6.21. The number of hydrogen-bond donors (Lipinski definition) is 1. The molecule has 43 heavy (non-hydrogen) atoms. The number of rotatable bonds is 7. The van der Waals surface area contributed by atoms with Crippen LogP contribution in [-0.2, 0) is 0 Å². The van der Waals surface area contributed by atoms with Crippen molar-refractivity contribution in [1.82, 2.24) is 0 Å². The largest absolute Gasteiger partial charge is 0.384 e. The lowest BCUT2D eigenvalue weighted by Gasteiger charge is -2.17. The molecule has 0 heterocycles. The number of hydrogen-bond acceptors (Lipinski definition) is 1. The van der Waals surface area contributed by atoms with Gasteiger partial charge in [0.15, 0.2) is 0 Å². The maximum atomic E-state index is 6.21. The van der Waals surface area contributed by atoms with Crippen LogP contribution in [0.1, 0.15) is 16.7 Å². The molecule has 6 aromatic carbocycles. The second kappa shape index (κ2) is 12.2. The van der Waals surface area contributed by atoms with Gasteiger partial charge in [-0.05, 0) is 91.9 Å². The maximum Gasteiger partial charge on any atom is 0.125 e. The molecular weight excluding hydrogens is 520 g/mol. The van der Waals surface area contributed by atoms with E-state index in [2.05, 4.69) is 146 Å². The highest BCUT2D eigenvalue weighted by atomic mass is 14.8. The van der Waals surface area contributed by atoms with Crippen LogP contribution in [0.2, 0.25) is 0 Å². The minimum atomic E-state index is 0.540. The molecule has 0 bridgehead atoms. The third-order valence-corrected chi connectivity index (χ3v) is 8.13. The molecule has 208 valence electrons. The quantitative estimate of drug-likeness (QED) is 0.155. The molecule has 0 unspecified atom stereocenters. The Morgan fingerprint density at radius 3 is 1.53 bits per heavy atom.